The van der Waals surface area contributed by atoms with Gasteiger partial charge in [-0.05, 0) is 54.7 Å². The fourth-order valence-electron chi connectivity index (χ4n) is 4.49. The molecular formula is C24H25N3. The van der Waals surface area contributed by atoms with E-state index in [9.17, 15) is 0 Å². The number of fused-ring (bicyclic) bond motifs is 1. The van der Waals surface area contributed by atoms with Crippen molar-refractivity contribution in [1.82, 2.24) is 4.98 Å². The minimum Gasteiger partial charge on any atom is -0.355 e. The van der Waals surface area contributed by atoms with Crippen molar-refractivity contribution in [2.75, 3.05) is 18.0 Å². The van der Waals surface area contributed by atoms with Gasteiger partial charge in [0.15, 0.2) is 0 Å². The molecule has 5 rings (SSSR count). The van der Waals surface area contributed by atoms with Crippen LogP contribution in [-0.4, -0.2) is 18.1 Å². The van der Waals surface area contributed by atoms with E-state index in [1.807, 2.05) is 32.0 Å². The zero-order chi connectivity index (χ0) is 18.9. The van der Waals surface area contributed by atoms with Crippen LogP contribution in [0.3, 0.4) is 0 Å². The molecule has 1 aliphatic heterocycles. The fourth-order valence-corrected chi connectivity index (χ4v) is 4.49. The monoisotopic (exact) mass is 355 g/mol. The Labute approximate surface area is 161 Å². The van der Waals surface area contributed by atoms with Crippen molar-refractivity contribution >= 4 is 16.7 Å². The van der Waals surface area contributed by atoms with Gasteiger partial charge in [0, 0.05) is 23.9 Å². The highest BCUT2D eigenvalue weighted by Gasteiger charge is 2.52. The Morgan fingerprint density at radius 2 is 1.74 bits per heavy atom. The summed E-state index contributed by atoms with van der Waals surface area (Å²) in [6.45, 7) is 6.23. The molecule has 3 heteroatoms. The van der Waals surface area contributed by atoms with Crippen LogP contribution < -0.4 is 4.90 Å². The van der Waals surface area contributed by atoms with E-state index in [1.165, 1.54) is 18.4 Å². The molecule has 2 aromatic carbocycles. The minimum absolute atomic E-state index is 0.502. The average Bonchev–Trinajstić information content (AvgIpc) is 2.68. The normalized spacial score (nSPS) is 17.4. The van der Waals surface area contributed by atoms with Crippen molar-refractivity contribution in [3.63, 3.8) is 0 Å². The standard InChI is InChI=1S/C22H19N3.C2H6/c23-13-16-6-8-20-18(10-16)7-9-21(24-20)25-14-22(15-25)11-19(12-22)17-4-2-1-3-5-17;1-2/h1-10,19H,11-12,14-15H2;1-2H3. The molecule has 136 valence electrons. The van der Waals surface area contributed by atoms with Gasteiger partial charge in [0.25, 0.3) is 0 Å². The Bertz CT molecular complexity index is 973. The summed E-state index contributed by atoms with van der Waals surface area (Å²) in [5.74, 6) is 1.79. The summed E-state index contributed by atoms with van der Waals surface area (Å²) < 4.78 is 0. The topological polar surface area (TPSA) is 39.9 Å². The van der Waals surface area contributed by atoms with Crippen molar-refractivity contribution in [2.45, 2.75) is 32.6 Å². The first kappa shape index (κ1) is 17.5. The summed E-state index contributed by atoms with van der Waals surface area (Å²) in [4.78, 5) is 7.18. The van der Waals surface area contributed by atoms with E-state index in [4.69, 9.17) is 10.2 Å². The van der Waals surface area contributed by atoms with Crippen LogP contribution in [0.25, 0.3) is 10.9 Å². The van der Waals surface area contributed by atoms with E-state index in [0.29, 0.717) is 11.0 Å². The van der Waals surface area contributed by atoms with Crippen LogP contribution in [0.1, 0.15) is 43.7 Å². The quantitative estimate of drug-likeness (QED) is 0.608. The van der Waals surface area contributed by atoms with Crippen molar-refractivity contribution in [2.24, 2.45) is 5.41 Å². The van der Waals surface area contributed by atoms with Crippen LogP contribution >= 0.6 is 0 Å². The minimum atomic E-state index is 0.502. The molecule has 0 unspecified atom stereocenters. The second-order valence-electron chi connectivity index (χ2n) is 7.56. The Hall–Kier alpha value is -2.86. The van der Waals surface area contributed by atoms with E-state index >= 15 is 0 Å². The van der Waals surface area contributed by atoms with Crippen LogP contribution in [0.5, 0.6) is 0 Å². The molecule has 2 fully saturated rings. The molecular weight excluding hydrogens is 330 g/mol. The molecule has 27 heavy (non-hydrogen) atoms. The highest BCUT2D eigenvalue weighted by Crippen LogP contribution is 2.56. The summed E-state index contributed by atoms with van der Waals surface area (Å²) in [5.41, 5.74) is 3.64. The number of hydrogen-bond donors (Lipinski definition) is 0. The van der Waals surface area contributed by atoms with Crippen LogP contribution in [0.15, 0.2) is 60.7 Å². The lowest BCUT2D eigenvalue weighted by molar-refractivity contribution is 0.0628. The smallest absolute Gasteiger partial charge is 0.129 e. The maximum Gasteiger partial charge on any atom is 0.129 e. The van der Waals surface area contributed by atoms with E-state index in [0.717, 1.165) is 35.7 Å². The molecule has 1 aromatic heterocycles. The third-order valence-corrected chi connectivity index (χ3v) is 5.81. The van der Waals surface area contributed by atoms with Gasteiger partial charge in [0.05, 0.1) is 17.1 Å². The molecule has 0 radical (unpaired) electrons. The molecule has 0 bridgehead atoms. The SMILES string of the molecule is CC.N#Cc1ccc2nc(N3CC4(CC(c5ccccc5)C4)C3)ccc2c1. The van der Waals surface area contributed by atoms with Crippen molar-refractivity contribution < 1.29 is 0 Å². The van der Waals surface area contributed by atoms with Gasteiger partial charge in [-0.3, -0.25) is 0 Å². The summed E-state index contributed by atoms with van der Waals surface area (Å²) in [6.07, 6.45) is 2.60. The molecule has 1 saturated carbocycles. The Balaban J connectivity index is 0.000000872. The molecule has 0 amide bonds. The van der Waals surface area contributed by atoms with Gasteiger partial charge < -0.3 is 4.90 Å². The van der Waals surface area contributed by atoms with Crippen LogP contribution in [-0.2, 0) is 0 Å². The van der Waals surface area contributed by atoms with E-state index in [-0.39, 0.29) is 0 Å². The largest absolute Gasteiger partial charge is 0.355 e. The summed E-state index contributed by atoms with van der Waals surface area (Å²) in [7, 11) is 0. The van der Waals surface area contributed by atoms with Gasteiger partial charge in [-0.2, -0.15) is 5.26 Å². The third-order valence-electron chi connectivity index (χ3n) is 5.81. The molecule has 2 aliphatic rings. The number of aromatic nitrogens is 1. The molecule has 0 atom stereocenters. The summed E-state index contributed by atoms with van der Waals surface area (Å²) >= 11 is 0. The Morgan fingerprint density at radius 1 is 1.00 bits per heavy atom. The Morgan fingerprint density at radius 3 is 2.44 bits per heavy atom. The van der Waals surface area contributed by atoms with Gasteiger partial charge in [-0.1, -0.05) is 44.2 Å². The van der Waals surface area contributed by atoms with E-state index < -0.39 is 0 Å². The lowest BCUT2D eigenvalue weighted by Crippen LogP contribution is -2.62. The number of hydrogen-bond acceptors (Lipinski definition) is 3. The van der Waals surface area contributed by atoms with Gasteiger partial charge in [-0.25, -0.2) is 4.98 Å². The number of rotatable bonds is 2. The summed E-state index contributed by atoms with van der Waals surface area (Å²) in [6, 6.07) is 22.9. The van der Waals surface area contributed by atoms with Gasteiger partial charge in [-0.15, -0.1) is 0 Å². The first-order chi connectivity index (χ1) is 13.2. The van der Waals surface area contributed by atoms with E-state index in [1.54, 1.807) is 0 Å². The maximum absolute atomic E-state index is 9.00. The zero-order valence-corrected chi connectivity index (χ0v) is 16.0. The predicted octanol–water partition coefficient (Wildman–Crippen LogP) is 5.52. The van der Waals surface area contributed by atoms with Gasteiger partial charge in [0.1, 0.15) is 5.82 Å². The maximum atomic E-state index is 9.00. The van der Waals surface area contributed by atoms with Crippen LogP contribution in [0.2, 0.25) is 0 Å². The second-order valence-corrected chi connectivity index (χ2v) is 7.56. The van der Waals surface area contributed by atoms with Gasteiger partial charge in [0.2, 0.25) is 0 Å². The van der Waals surface area contributed by atoms with E-state index in [2.05, 4.69) is 53.4 Å². The molecule has 2 heterocycles. The highest BCUT2D eigenvalue weighted by molar-refractivity contribution is 5.82. The third kappa shape index (κ3) is 3.17. The molecule has 1 spiro atoms. The first-order valence-electron chi connectivity index (χ1n) is 9.86. The highest BCUT2D eigenvalue weighted by atomic mass is 15.3. The lowest BCUT2D eigenvalue weighted by atomic mass is 9.56. The predicted molar refractivity (Wildman–Crippen MR) is 111 cm³/mol. The van der Waals surface area contributed by atoms with Gasteiger partial charge >= 0.3 is 0 Å². The zero-order valence-electron chi connectivity index (χ0n) is 16.0. The summed E-state index contributed by atoms with van der Waals surface area (Å²) in [5, 5.41) is 10.0. The number of pyridine rings is 1. The number of nitrogens with zero attached hydrogens (tertiary/aromatic N) is 3. The molecule has 0 N–H and O–H groups in total. The van der Waals surface area contributed by atoms with Crippen LogP contribution in [0.4, 0.5) is 5.82 Å². The van der Waals surface area contributed by atoms with Crippen LogP contribution in [0, 0.1) is 16.7 Å². The molecule has 3 nitrogen and oxygen atoms in total. The average molecular weight is 355 g/mol. The molecule has 1 aliphatic carbocycles. The number of nitriles is 1. The Kier molecular flexibility index (Phi) is 4.58. The number of anilines is 1. The second kappa shape index (κ2) is 7.04. The molecule has 1 saturated heterocycles. The van der Waals surface area contributed by atoms with Crippen molar-refractivity contribution in [3.05, 3.63) is 71.8 Å². The first-order valence-corrected chi connectivity index (χ1v) is 9.86. The van der Waals surface area contributed by atoms with Crippen molar-refractivity contribution in [3.8, 4) is 6.07 Å². The fraction of sp³-hybridized carbons (Fsp3) is 0.333. The van der Waals surface area contributed by atoms with Crippen molar-refractivity contribution in [1.29, 1.82) is 5.26 Å². The molecule has 3 aromatic rings. The lowest BCUT2D eigenvalue weighted by Gasteiger charge is -2.59. The number of benzene rings is 2.